The summed E-state index contributed by atoms with van der Waals surface area (Å²) in [6.07, 6.45) is 4.68. The monoisotopic (exact) mass is 548 g/mol. The molecule has 2 aromatic carbocycles. The van der Waals surface area contributed by atoms with Gasteiger partial charge in [0.15, 0.2) is 0 Å². The minimum atomic E-state index is -0.952. The van der Waals surface area contributed by atoms with Gasteiger partial charge in [-0.2, -0.15) is 0 Å². The van der Waals surface area contributed by atoms with E-state index in [2.05, 4.69) is 15.2 Å². The van der Waals surface area contributed by atoms with E-state index in [0.717, 1.165) is 29.9 Å². The number of aromatic amines is 1. The Morgan fingerprint density at radius 1 is 1.13 bits per heavy atom. The number of hydrogen-bond acceptors (Lipinski definition) is 4. The van der Waals surface area contributed by atoms with E-state index < -0.39 is 10.8 Å². The van der Waals surface area contributed by atoms with Crippen molar-refractivity contribution in [1.82, 2.24) is 14.8 Å². The predicted molar refractivity (Wildman–Crippen MR) is 155 cm³/mol. The number of fused-ring (bicyclic) bond motifs is 1. The Labute approximate surface area is 230 Å². The minimum absolute atomic E-state index is 0.0224. The van der Waals surface area contributed by atoms with Crippen LogP contribution in [0.2, 0.25) is 0 Å². The van der Waals surface area contributed by atoms with Crippen molar-refractivity contribution in [3.8, 4) is 11.1 Å². The number of carbonyl (C=O) groups is 2. The molecule has 0 radical (unpaired) electrons. The molecule has 3 heterocycles. The Morgan fingerprint density at radius 3 is 2.59 bits per heavy atom. The van der Waals surface area contributed by atoms with Crippen LogP contribution >= 0.6 is 0 Å². The van der Waals surface area contributed by atoms with Gasteiger partial charge < -0.3 is 20.1 Å². The smallest absolute Gasteiger partial charge is 0.256 e. The summed E-state index contributed by atoms with van der Waals surface area (Å²) in [5.74, 6) is -0.106. The SMILES string of the molecule is Cc1[nH]c(C=C2C(=O)Nc3cccc(-c4cccc(F)c4)c32)c(CCCS(C)=O)c1C(=O)N1CCN(C)CC1. The second kappa shape index (κ2) is 11.3. The number of rotatable bonds is 7. The fourth-order valence-electron chi connectivity index (χ4n) is 5.42. The molecule has 7 nitrogen and oxygen atoms in total. The largest absolute Gasteiger partial charge is 0.358 e. The van der Waals surface area contributed by atoms with E-state index in [1.807, 2.05) is 43.1 Å². The minimum Gasteiger partial charge on any atom is -0.358 e. The molecule has 1 fully saturated rings. The van der Waals surface area contributed by atoms with Gasteiger partial charge in [0, 0.05) is 71.6 Å². The maximum absolute atomic E-state index is 14.1. The molecule has 2 aliphatic heterocycles. The summed E-state index contributed by atoms with van der Waals surface area (Å²) in [6, 6.07) is 11.9. The Balaban J connectivity index is 1.60. The van der Waals surface area contributed by atoms with Gasteiger partial charge in [-0.25, -0.2) is 4.39 Å². The number of aryl methyl sites for hydroxylation is 1. The lowest BCUT2D eigenvalue weighted by molar-refractivity contribution is -0.110. The number of anilines is 1. The van der Waals surface area contributed by atoms with Crippen LogP contribution in [0.5, 0.6) is 0 Å². The zero-order chi connectivity index (χ0) is 27.7. The normalized spacial score (nSPS) is 17.4. The first-order valence-corrected chi connectivity index (χ1v) is 14.9. The van der Waals surface area contributed by atoms with Crippen LogP contribution in [-0.4, -0.2) is 76.0 Å². The summed E-state index contributed by atoms with van der Waals surface area (Å²) in [5, 5.41) is 2.94. The van der Waals surface area contributed by atoms with E-state index in [1.165, 1.54) is 12.1 Å². The Hall–Kier alpha value is -3.56. The number of likely N-dealkylation sites (N-methyl/N-ethyl adjacent to an activating group) is 1. The van der Waals surface area contributed by atoms with E-state index in [4.69, 9.17) is 0 Å². The van der Waals surface area contributed by atoms with Crippen LogP contribution < -0.4 is 5.32 Å². The molecule has 1 saturated heterocycles. The van der Waals surface area contributed by atoms with Crippen molar-refractivity contribution < 1.29 is 18.2 Å². The van der Waals surface area contributed by atoms with Gasteiger partial charge in [-0.05, 0) is 67.8 Å². The number of nitrogens with one attached hydrogen (secondary N) is 2. The summed E-state index contributed by atoms with van der Waals surface area (Å²) in [6.45, 7) is 4.82. The van der Waals surface area contributed by atoms with Gasteiger partial charge in [0.05, 0.1) is 11.1 Å². The van der Waals surface area contributed by atoms with Crippen LogP contribution in [0.4, 0.5) is 10.1 Å². The Kier molecular flexibility index (Phi) is 7.81. The highest BCUT2D eigenvalue weighted by Crippen LogP contribution is 2.41. The molecule has 0 bridgehead atoms. The number of benzene rings is 2. The maximum atomic E-state index is 14.1. The highest BCUT2D eigenvalue weighted by molar-refractivity contribution is 7.84. The number of nitrogens with zero attached hydrogens (tertiary/aromatic N) is 2. The number of halogens is 1. The first-order valence-electron chi connectivity index (χ1n) is 13.1. The van der Waals surface area contributed by atoms with Crippen LogP contribution in [0, 0.1) is 12.7 Å². The lowest BCUT2D eigenvalue weighted by atomic mass is 9.93. The van der Waals surface area contributed by atoms with Gasteiger partial charge >= 0.3 is 0 Å². The van der Waals surface area contributed by atoms with Crippen molar-refractivity contribution in [2.75, 3.05) is 50.6 Å². The van der Waals surface area contributed by atoms with Gasteiger partial charge in [-0.3, -0.25) is 13.8 Å². The van der Waals surface area contributed by atoms with Crippen molar-refractivity contribution in [2.45, 2.75) is 19.8 Å². The third-order valence-corrected chi connectivity index (χ3v) is 8.30. The molecule has 1 unspecified atom stereocenters. The number of aromatic nitrogens is 1. The van der Waals surface area contributed by atoms with Crippen molar-refractivity contribution in [3.63, 3.8) is 0 Å². The summed E-state index contributed by atoms with van der Waals surface area (Å²) >= 11 is 0. The fraction of sp³-hybridized carbons (Fsp3) is 0.333. The van der Waals surface area contributed by atoms with Gasteiger partial charge in [0.2, 0.25) is 0 Å². The molecule has 9 heteroatoms. The van der Waals surface area contributed by atoms with Gasteiger partial charge in [0.1, 0.15) is 5.82 Å². The summed E-state index contributed by atoms with van der Waals surface area (Å²) < 4.78 is 25.9. The Morgan fingerprint density at radius 2 is 1.87 bits per heavy atom. The molecule has 204 valence electrons. The molecule has 2 aliphatic rings. The quantitative estimate of drug-likeness (QED) is 0.431. The fourth-order valence-corrected chi connectivity index (χ4v) is 5.97. The van der Waals surface area contributed by atoms with E-state index in [9.17, 15) is 18.2 Å². The highest BCUT2D eigenvalue weighted by atomic mass is 32.2. The predicted octanol–water partition coefficient (Wildman–Crippen LogP) is 4.32. The van der Waals surface area contributed by atoms with Crippen LogP contribution in [0.15, 0.2) is 42.5 Å². The van der Waals surface area contributed by atoms with Crippen molar-refractivity contribution in [1.29, 1.82) is 0 Å². The van der Waals surface area contributed by atoms with Gasteiger partial charge in [0.25, 0.3) is 11.8 Å². The van der Waals surface area contributed by atoms with Crippen LogP contribution in [0.25, 0.3) is 22.8 Å². The summed E-state index contributed by atoms with van der Waals surface area (Å²) in [7, 11) is 1.10. The van der Waals surface area contributed by atoms with Crippen LogP contribution in [0.3, 0.4) is 0 Å². The molecule has 0 aliphatic carbocycles. The average Bonchev–Trinajstić information content (AvgIpc) is 3.39. The molecule has 2 amide bonds. The zero-order valence-electron chi connectivity index (χ0n) is 22.5. The summed E-state index contributed by atoms with van der Waals surface area (Å²) in [5.41, 5.74) is 6.13. The molecule has 39 heavy (non-hydrogen) atoms. The van der Waals surface area contributed by atoms with E-state index in [1.54, 1.807) is 18.4 Å². The first kappa shape index (κ1) is 27.0. The standard InChI is InChI=1S/C30H33FN4O3S/c1-19-27(30(37)35-14-12-34(2)13-15-35)23(10-6-16-39(3)38)26(32-19)18-24-28-22(20-7-4-8-21(31)17-20)9-5-11-25(28)33-29(24)36/h4-5,7-9,11,17-18,32H,6,10,12-16H2,1-3H3,(H,33,36). The Bertz CT molecular complexity index is 1490. The molecule has 0 saturated carbocycles. The third-order valence-electron chi connectivity index (χ3n) is 7.44. The number of amides is 2. The van der Waals surface area contributed by atoms with Crippen LogP contribution in [-0.2, 0) is 22.0 Å². The van der Waals surface area contributed by atoms with Gasteiger partial charge in [-0.1, -0.05) is 24.3 Å². The van der Waals surface area contributed by atoms with E-state index in [-0.39, 0.29) is 17.6 Å². The second-order valence-electron chi connectivity index (χ2n) is 10.2. The molecule has 0 spiro atoms. The van der Waals surface area contributed by atoms with E-state index in [0.29, 0.717) is 65.3 Å². The van der Waals surface area contributed by atoms with Crippen molar-refractivity contribution in [3.05, 3.63) is 76.4 Å². The first-order chi connectivity index (χ1) is 18.7. The molecule has 1 atom stereocenters. The number of piperazine rings is 1. The molecule has 1 aromatic heterocycles. The molecular weight excluding hydrogens is 515 g/mol. The number of hydrogen-bond donors (Lipinski definition) is 2. The van der Waals surface area contributed by atoms with Gasteiger partial charge in [-0.15, -0.1) is 0 Å². The zero-order valence-corrected chi connectivity index (χ0v) is 23.3. The molecule has 3 aromatic rings. The number of H-pyrrole nitrogens is 1. The third kappa shape index (κ3) is 5.60. The lowest BCUT2D eigenvalue weighted by Crippen LogP contribution is -2.47. The van der Waals surface area contributed by atoms with Crippen molar-refractivity contribution in [2.24, 2.45) is 0 Å². The highest BCUT2D eigenvalue weighted by Gasteiger charge is 2.30. The second-order valence-corrected chi connectivity index (χ2v) is 11.8. The summed E-state index contributed by atoms with van der Waals surface area (Å²) in [4.78, 5) is 34.4. The molecule has 2 N–H and O–H groups in total. The topological polar surface area (TPSA) is 85.5 Å². The molecular formula is C30H33FN4O3S. The maximum Gasteiger partial charge on any atom is 0.256 e. The lowest BCUT2D eigenvalue weighted by Gasteiger charge is -2.32. The molecule has 5 rings (SSSR count). The average molecular weight is 549 g/mol. The van der Waals surface area contributed by atoms with E-state index >= 15 is 0 Å². The van der Waals surface area contributed by atoms with Crippen LogP contribution in [0.1, 0.15) is 39.3 Å². The van der Waals surface area contributed by atoms with Crippen molar-refractivity contribution >= 4 is 40.0 Å². The number of carbonyl (C=O) groups excluding carboxylic acids is 2.